The second kappa shape index (κ2) is 8.59. The van der Waals surface area contributed by atoms with Crippen LogP contribution in [0.15, 0.2) is 29.4 Å². The first-order valence-corrected chi connectivity index (χ1v) is 7.98. The second-order valence-corrected chi connectivity index (χ2v) is 5.78. The van der Waals surface area contributed by atoms with E-state index in [0.717, 1.165) is 11.3 Å². The number of nitro benzene ring substituents is 1. The number of rotatable bonds is 7. The molecule has 0 bridgehead atoms. The lowest BCUT2D eigenvalue weighted by Gasteiger charge is -1.97. The fourth-order valence-corrected chi connectivity index (χ4v) is 2.38. The van der Waals surface area contributed by atoms with Crippen LogP contribution in [0.3, 0.4) is 0 Å². The normalized spacial score (nSPS) is 10.6. The van der Waals surface area contributed by atoms with Gasteiger partial charge in [-0.15, -0.1) is 10.2 Å². The van der Waals surface area contributed by atoms with Gasteiger partial charge in [-0.3, -0.25) is 19.7 Å². The largest absolute Gasteiger partial charge is 0.301 e. The number of nitro groups is 1. The number of anilines is 1. The lowest BCUT2D eigenvalue weighted by Crippen LogP contribution is -2.19. The molecular formula is C14H14N6O4S. The standard InChI is InChI=1S/C14H14N6O4S/c1-2-11(21)16-14-19-18-13(25-14)7-12(22)17-15-8-9-3-5-10(6-4-9)20(23)24/h3-6,8H,2,7H2,1H3,(H,17,22)(H,16,19,21). The Labute approximate surface area is 146 Å². The third kappa shape index (κ3) is 5.73. The van der Waals surface area contributed by atoms with Crippen molar-refractivity contribution in [2.75, 3.05) is 5.32 Å². The lowest BCUT2D eigenvalue weighted by atomic mass is 10.2. The Balaban J connectivity index is 1.84. The Kier molecular flexibility index (Phi) is 6.23. The number of hydrogen-bond donors (Lipinski definition) is 2. The van der Waals surface area contributed by atoms with E-state index in [9.17, 15) is 19.7 Å². The third-order valence-electron chi connectivity index (χ3n) is 2.85. The Morgan fingerprint density at radius 1 is 1.28 bits per heavy atom. The average molecular weight is 362 g/mol. The highest BCUT2D eigenvalue weighted by Crippen LogP contribution is 2.15. The van der Waals surface area contributed by atoms with Crippen molar-refractivity contribution in [2.45, 2.75) is 19.8 Å². The number of nitrogens with one attached hydrogen (secondary N) is 2. The molecule has 25 heavy (non-hydrogen) atoms. The molecule has 0 aliphatic rings. The lowest BCUT2D eigenvalue weighted by molar-refractivity contribution is -0.384. The quantitative estimate of drug-likeness (QED) is 0.434. The molecule has 2 N–H and O–H groups in total. The van der Waals surface area contributed by atoms with Gasteiger partial charge in [0.25, 0.3) is 5.69 Å². The molecule has 0 unspecified atom stereocenters. The number of non-ortho nitro benzene ring substituents is 1. The van der Waals surface area contributed by atoms with Gasteiger partial charge >= 0.3 is 0 Å². The van der Waals surface area contributed by atoms with Crippen LogP contribution in [0.1, 0.15) is 23.9 Å². The van der Waals surface area contributed by atoms with Gasteiger partial charge in [0, 0.05) is 18.6 Å². The molecule has 0 aliphatic carbocycles. The number of hydrazone groups is 1. The minimum atomic E-state index is -0.498. The molecule has 2 rings (SSSR count). The van der Waals surface area contributed by atoms with Gasteiger partial charge in [0.2, 0.25) is 16.9 Å². The number of carbonyl (C=O) groups is 2. The minimum Gasteiger partial charge on any atom is -0.301 e. The number of benzene rings is 1. The molecule has 0 fully saturated rings. The second-order valence-electron chi connectivity index (χ2n) is 4.72. The van der Waals surface area contributed by atoms with E-state index in [4.69, 9.17) is 0 Å². The first-order chi connectivity index (χ1) is 12.0. The maximum atomic E-state index is 11.8. The van der Waals surface area contributed by atoms with E-state index < -0.39 is 10.8 Å². The van der Waals surface area contributed by atoms with Crippen molar-refractivity contribution in [3.05, 3.63) is 45.0 Å². The van der Waals surface area contributed by atoms with Crippen molar-refractivity contribution in [3.8, 4) is 0 Å². The summed E-state index contributed by atoms with van der Waals surface area (Å²) in [6, 6.07) is 5.72. The molecular weight excluding hydrogens is 348 g/mol. The Bertz CT molecular complexity index is 802. The Morgan fingerprint density at radius 3 is 2.64 bits per heavy atom. The van der Waals surface area contributed by atoms with Crippen LogP contribution in [0.2, 0.25) is 0 Å². The van der Waals surface area contributed by atoms with Crippen LogP contribution in [-0.2, 0) is 16.0 Å². The van der Waals surface area contributed by atoms with Gasteiger partial charge in [-0.2, -0.15) is 5.10 Å². The summed E-state index contributed by atoms with van der Waals surface area (Å²) in [5.74, 6) is -0.581. The van der Waals surface area contributed by atoms with E-state index in [1.165, 1.54) is 30.5 Å². The highest BCUT2D eigenvalue weighted by Gasteiger charge is 2.10. The van der Waals surface area contributed by atoms with Crippen LogP contribution in [0.4, 0.5) is 10.8 Å². The molecule has 0 radical (unpaired) electrons. The molecule has 2 amide bonds. The van der Waals surface area contributed by atoms with E-state index in [1.54, 1.807) is 6.92 Å². The van der Waals surface area contributed by atoms with Gasteiger partial charge in [0.15, 0.2) is 0 Å². The fourth-order valence-electron chi connectivity index (χ4n) is 1.62. The molecule has 1 heterocycles. The molecule has 130 valence electrons. The summed E-state index contributed by atoms with van der Waals surface area (Å²) >= 11 is 1.11. The monoisotopic (exact) mass is 362 g/mol. The maximum absolute atomic E-state index is 11.8. The zero-order chi connectivity index (χ0) is 18.2. The maximum Gasteiger partial charge on any atom is 0.269 e. The van der Waals surface area contributed by atoms with Crippen molar-refractivity contribution >= 4 is 40.2 Å². The fraction of sp³-hybridized carbons (Fsp3) is 0.214. The molecule has 0 saturated heterocycles. The molecule has 0 saturated carbocycles. The van der Waals surface area contributed by atoms with E-state index >= 15 is 0 Å². The summed E-state index contributed by atoms with van der Waals surface area (Å²) in [7, 11) is 0. The Hall–Kier alpha value is -3.21. The Morgan fingerprint density at radius 2 is 2.00 bits per heavy atom. The number of nitrogens with zero attached hydrogens (tertiary/aromatic N) is 4. The molecule has 10 nitrogen and oxygen atoms in total. The molecule has 2 aromatic rings. The summed E-state index contributed by atoms with van der Waals surface area (Å²) in [6.07, 6.45) is 1.67. The average Bonchev–Trinajstić information content (AvgIpc) is 3.01. The van der Waals surface area contributed by atoms with Crippen LogP contribution in [0.25, 0.3) is 0 Å². The summed E-state index contributed by atoms with van der Waals surface area (Å²) < 4.78 is 0. The van der Waals surface area contributed by atoms with Gasteiger partial charge in [0.05, 0.1) is 17.6 Å². The highest BCUT2D eigenvalue weighted by atomic mass is 32.1. The minimum absolute atomic E-state index is 0.0246. The van der Waals surface area contributed by atoms with Crippen LogP contribution in [-0.4, -0.2) is 33.1 Å². The van der Waals surface area contributed by atoms with Crippen LogP contribution < -0.4 is 10.7 Å². The number of amides is 2. The van der Waals surface area contributed by atoms with Crippen LogP contribution in [0.5, 0.6) is 0 Å². The topological polar surface area (TPSA) is 139 Å². The SMILES string of the molecule is CCC(=O)Nc1nnc(CC(=O)NN=Cc2ccc([N+](=O)[O-])cc2)s1. The molecule has 0 spiro atoms. The smallest absolute Gasteiger partial charge is 0.269 e. The predicted molar refractivity (Wildman–Crippen MR) is 91.4 cm³/mol. The zero-order valence-electron chi connectivity index (χ0n) is 13.1. The summed E-state index contributed by atoms with van der Waals surface area (Å²) in [6.45, 7) is 1.72. The molecule has 11 heteroatoms. The number of carbonyl (C=O) groups excluding carboxylic acids is 2. The van der Waals surface area contributed by atoms with E-state index in [0.29, 0.717) is 22.1 Å². The van der Waals surface area contributed by atoms with E-state index in [1.807, 2.05) is 0 Å². The van der Waals surface area contributed by atoms with Crippen molar-refractivity contribution in [3.63, 3.8) is 0 Å². The van der Waals surface area contributed by atoms with Crippen molar-refractivity contribution in [2.24, 2.45) is 5.10 Å². The van der Waals surface area contributed by atoms with Crippen molar-refractivity contribution < 1.29 is 14.5 Å². The summed E-state index contributed by atoms with van der Waals surface area (Å²) in [4.78, 5) is 33.1. The number of aromatic nitrogens is 2. The molecule has 0 atom stereocenters. The van der Waals surface area contributed by atoms with Crippen LogP contribution >= 0.6 is 11.3 Å². The molecule has 1 aromatic carbocycles. The summed E-state index contributed by atoms with van der Waals surface area (Å²) in [5.41, 5.74) is 2.90. The first-order valence-electron chi connectivity index (χ1n) is 7.16. The third-order valence-corrected chi connectivity index (χ3v) is 3.69. The molecule has 0 aliphatic heterocycles. The zero-order valence-corrected chi connectivity index (χ0v) is 13.9. The van der Waals surface area contributed by atoms with E-state index in [2.05, 4.69) is 26.0 Å². The number of hydrogen-bond acceptors (Lipinski definition) is 8. The van der Waals surface area contributed by atoms with E-state index in [-0.39, 0.29) is 18.0 Å². The van der Waals surface area contributed by atoms with Crippen LogP contribution in [0, 0.1) is 10.1 Å². The highest BCUT2D eigenvalue weighted by molar-refractivity contribution is 7.15. The van der Waals surface area contributed by atoms with Gasteiger partial charge in [-0.25, -0.2) is 5.43 Å². The molecule has 1 aromatic heterocycles. The predicted octanol–water partition coefficient (Wildman–Crippen LogP) is 1.49. The summed E-state index contributed by atoms with van der Waals surface area (Å²) in [5, 5.41) is 25.2. The van der Waals surface area contributed by atoms with Crippen molar-refractivity contribution in [1.82, 2.24) is 15.6 Å². The van der Waals surface area contributed by atoms with Gasteiger partial charge in [0.1, 0.15) is 5.01 Å². The van der Waals surface area contributed by atoms with Gasteiger partial charge in [-0.1, -0.05) is 18.3 Å². The van der Waals surface area contributed by atoms with Gasteiger partial charge in [-0.05, 0) is 17.7 Å². The van der Waals surface area contributed by atoms with Gasteiger partial charge < -0.3 is 5.32 Å². The van der Waals surface area contributed by atoms with Crippen molar-refractivity contribution in [1.29, 1.82) is 0 Å². The first kappa shape index (κ1) is 18.1.